The molecule has 0 bridgehead atoms. The third kappa shape index (κ3) is 9.85. The number of phenolic OH excluding ortho intramolecular Hbond substituents is 2. The molecule has 226 valence electrons. The number of hydrogen-bond donors (Lipinski definition) is 2. The van der Waals surface area contributed by atoms with Crippen molar-refractivity contribution in [3.05, 3.63) is 57.6 Å². The van der Waals surface area contributed by atoms with Crippen molar-refractivity contribution in [2.75, 3.05) is 0 Å². The standard InChI is InChI=1S/C38H62O2/c1-12-13-14-15-16-17-18-19-32(28-22-30(20-26(2)3)35(39)31(23-28)21-27(4)5)29-24-33(37(6,7)8)36(40)34(25-29)38(9,10)11/h22-27,32,39-40H,12-21H2,1-11H3. The van der Waals surface area contributed by atoms with Crippen molar-refractivity contribution in [1.82, 2.24) is 0 Å². The highest BCUT2D eigenvalue weighted by molar-refractivity contribution is 5.53. The maximum Gasteiger partial charge on any atom is 0.123 e. The summed E-state index contributed by atoms with van der Waals surface area (Å²) in [4.78, 5) is 0. The summed E-state index contributed by atoms with van der Waals surface area (Å²) in [5, 5.41) is 22.7. The van der Waals surface area contributed by atoms with Crippen LogP contribution in [0.3, 0.4) is 0 Å². The molecule has 0 heterocycles. The molecule has 2 aromatic rings. The Balaban J connectivity index is 2.69. The Kier molecular flexibility index (Phi) is 12.7. The minimum atomic E-state index is -0.162. The van der Waals surface area contributed by atoms with Crippen LogP contribution in [0.4, 0.5) is 0 Å². The van der Waals surface area contributed by atoms with Crippen LogP contribution >= 0.6 is 0 Å². The Bertz CT molecular complexity index is 996. The summed E-state index contributed by atoms with van der Waals surface area (Å²) in [5.41, 5.74) is 6.52. The normalized spacial score (nSPS) is 13.4. The zero-order valence-corrected chi connectivity index (χ0v) is 28.0. The summed E-state index contributed by atoms with van der Waals surface area (Å²) in [7, 11) is 0. The number of hydrogen-bond acceptors (Lipinski definition) is 2. The minimum Gasteiger partial charge on any atom is -0.507 e. The van der Waals surface area contributed by atoms with Gasteiger partial charge in [0.05, 0.1) is 0 Å². The van der Waals surface area contributed by atoms with E-state index in [2.05, 4.69) is 100 Å². The summed E-state index contributed by atoms with van der Waals surface area (Å²) in [6.45, 7) is 24.4. The molecule has 0 aliphatic heterocycles. The summed E-state index contributed by atoms with van der Waals surface area (Å²) in [6, 6.07) is 9.16. The Morgan fingerprint density at radius 2 is 0.975 bits per heavy atom. The fraction of sp³-hybridized carbons (Fsp3) is 0.684. The quantitative estimate of drug-likeness (QED) is 0.230. The fourth-order valence-corrected chi connectivity index (χ4v) is 6.01. The highest BCUT2D eigenvalue weighted by atomic mass is 16.3. The largest absolute Gasteiger partial charge is 0.507 e. The fourth-order valence-electron chi connectivity index (χ4n) is 6.01. The van der Waals surface area contributed by atoms with Crippen LogP contribution in [-0.2, 0) is 23.7 Å². The first-order valence-electron chi connectivity index (χ1n) is 16.3. The van der Waals surface area contributed by atoms with Gasteiger partial charge in [0.2, 0.25) is 0 Å². The molecule has 0 saturated heterocycles. The number of rotatable bonds is 14. The van der Waals surface area contributed by atoms with Crippen molar-refractivity contribution in [1.29, 1.82) is 0 Å². The summed E-state index contributed by atoms with van der Waals surface area (Å²) in [6.07, 6.45) is 11.9. The molecule has 0 spiro atoms. The van der Waals surface area contributed by atoms with E-state index in [1.807, 2.05) is 0 Å². The van der Waals surface area contributed by atoms with Gasteiger partial charge in [-0.15, -0.1) is 0 Å². The predicted octanol–water partition coefficient (Wildman–Crippen LogP) is 11.4. The first-order chi connectivity index (χ1) is 18.6. The molecule has 0 radical (unpaired) electrons. The second-order valence-corrected chi connectivity index (χ2v) is 15.3. The molecular formula is C38H62O2. The molecule has 0 amide bonds. The minimum absolute atomic E-state index is 0.162. The number of phenols is 2. The van der Waals surface area contributed by atoms with E-state index >= 15 is 0 Å². The van der Waals surface area contributed by atoms with Crippen LogP contribution in [0, 0.1) is 11.8 Å². The van der Waals surface area contributed by atoms with Crippen LogP contribution in [0.15, 0.2) is 24.3 Å². The lowest BCUT2D eigenvalue weighted by Gasteiger charge is -2.30. The molecule has 0 aliphatic carbocycles. The molecule has 1 unspecified atom stereocenters. The van der Waals surface area contributed by atoms with Crippen LogP contribution < -0.4 is 0 Å². The SMILES string of the molecule is CCCCCCCCCC(c1cc(CC(C)C)c(O)c(CC(C)C)c1)c1cc(C(C)(C)C)c(O)c(C(C)(C)C)c1. The Labute approximate surface area is 248 Å². The smallest absolute Gasteiger partial charge is 0.123 e. The molecule has 0 saturated carbocycles. The molecule has 0 fully saturated rings. The van der Waals surface area contributed by atoms with E-state index in [9.17, 15) is 10.2 Å². The highest BCUT2D eigenvalue weighted by Gasteiger charge is 2.29. The van der Waals surface area contributed by atoms with Crippen molar-refractivity contribution >= 4 is 0 Å². The van der Waals surface area contributed by atoms with Crippen molar-refractivity contribution in [2.24, 2.45) is 11.8 Å². The summed E-state index contributed by atoms with van der Waals surface area (Å²) >= 11 is 0. The van der Waals surface area contributed by atoms with E-state index in [0.717, 1.165) is 41.5 Å². The van der Waals surface area contributed by atoms with Crippen LogP contribution in [0.2, 0.25) is 0 Å². The van der Waals surface area contributed by atoms with Crippen molar-refractivity contribution < 1.29 is 10.2 Å². The second-order valence-electron chi connectivity index (χ2n) is 15.3. The zero-order valence-electron chi connectivity index (χ0n) is 28.0. The summed E-state index contributed by atoms with van der Waals surface area (Å²) < 4.78 is 0. The lowest BCUT2D eigenvalue weighted by Crippen LogP contribution is -2.19. The van der Waals surface area contributed by atoms with E-state index in [4.69, 9.17) is 0 Å². The first-order valence-corrected chi connectivity index (χ1v) is 16.3. The third-order valence-corrected chi connectivity index (χ3v) is 8.20. The van der Waals surface area contributed by atoms with Crippen molar-refractivity contribution in [3.8, 4) is 11.5 Å². The van der Waals surface area contributed by atoms with Gasteiger partial charge in [-0.1, -0.05) is 145 Å². The van der Waals surface area contributed by atoms with Gasteiger partial charge in [-0.3, -0.25) is 0 Å². The van der Waals surface area contributed by atoms with Crippen LogP contribution in [0.1, 0.15) is 167 Å². The zero-order chi connectivity index (χ0) is 30.3. The predicted molar refractivity (Wildman–Crippen MR) is 175 cm³/mol. The molecule has 0 aliphatic rings. The van der Waals surface area contributed by atoms with Crippen molar-refractivity contribution in [2.45, 2.75) is 157 Å². The number of aromatic hydroxyl groups is 2. The van der Waals surface area contributed by atoms with Crippen LogP contribution in [0.25, 0.3) is 0 Å². The van der Waals surface area contributed by atoms with Crippen LogP contribution in [-0.4, -0.2) is 10.2 Å². The molecule has 40 heavy (non-hydrogen) atoms. The van der Waals surface area contributed by atoms with Gasteiger partial charge < -0.3 is 10.2 Å². The Morgan fingerprint density at radius 3 is 1.38 bits per heavy atom. The van der Waals surface area contributed by atoms with Gasteiger partial charge >= 0.3 is 0 Å². The molecule has 1 atom stereocenters. The highest BCUT2D eigenvalue weighted by Crippen LogP contribution is 2.44. The lowest BCUT2D eigenvalue weighted by atomic mass is 9.75. The van der Waals surface area contributed by atoms with Crippen molar-refractivity contribution in [3.63, 3.8) is 0 Å². The first kappa shape index (κ1) is 34.2. The average Bonchev–Trinajstić information content (AvgIpc) is 2.81. The van der Waals surface area contributed by atoms with Gasteiger partial charge in [0.1, 0.15) is 11.5 Å². The number of unbranched alkanes of at least 4 members (excludes halogenated alkanes) is 6. The third-order valence-electron chi connectivity index (χ3n) is 8.20. The van der Waals surface area contributed by atoms with E-state index in [-0.39, 0.29) is 16.7 Å². The van der Waals surface area contributed by atoms with E-state index in [0.29, 0.717) is 23.3 Å². The molecule has 2 aromatic carbocycles. The molecule has 2 nitrogen and oxygen atoms in total. The maximum absolute atomic E-state index is 11.4. The molecule has 2 rings (SSSR count). The van der Waals surface area contributed by atoms with Gasteiger partial charge in [-0.05, 0) is 75.3 Å². The van der Waals surface area contributed by atoms with Gasteiger partial charge in [-0.2, -0.15) is 0 Å². The molecule has 2 heteroatoms. The molecule has 2 N–H and O–H groups in total. The molecular weight excluding hydrogens is 488 g/mol. The lowest BCUT2D eigenvalue weighted by molar-refractivity contribution is 0.422. The Hall–Kier alpha value is -1.96. The maximum atomic E-state index is 11.4. The Morgan fingerprint density at radius 1 is 0.575 bits per heavy atom. The summed E-state index contributed by atoms with van der Waals surface area (Å²) in [5.74, 6) is 2.13. The number of benzene rings is 2. The van der Waals surface area contributed by atoms with E-state index < -0.39 is 0 Å². The van der Waals surface area contributed by atoms with Gasteiger partial charge in [-0.25, -0.2) is 0 Å². The van der Waals surface area contributed by atoms with Gasteiger partial charge in [0.15, 0.2) is 0 Å². The second kappa shape index (κ2) is 14.8. The van der Waals surface area contributed by atoms with Gasteiger partial charge in [0.25, 0.3) is 0 Å². The average molecular weight is 551 g/mol. The van der Waals surface area contributed by atoms with Gasteiger partial charge in [0, 0.05) is 5.92 Å². The topological polar surface area (TPSA) is 40.5 Å². The van der Waals surface area contributed by atoms with E-state index in [1.165, 1.54) is 56.1 Å². The van der Waals surface area contributed by atoms with E-state index in [1.54, 1.807) is 0 Å². The monoisotopic (exact) mass is 550 g/mol. The van der Waals surface area contributed by atoms with Crippen LogP contribution in [0.5, 0.6) is 11.5 Å². The molecule has 0 aromatic heterocycles.